The van der Waals surface area contributed by atoms with Gasteiger partial charge in [0.05, 0.1) is 37.4 Å². The number of amidine groups is 1. The highest BCUT2D eigenvalue weighted by Gasteiger charge is 2.26. The second-order valence-electron chi connectivity index (χ2n) is 10.1. The summed E-state index contributed by atoms with van der Waals surface area (Å²) in [5.74, 6) is 0.573. The van der Waals surface area contributed by atoms with Crippen molar-refractivity contribution >= 4 is 22.7 Å². The van der Waals surface area contributed by atoms with E-state index >= 15 is 0 Å². The quantitative estimate of drug-likeness (QED) is 0.0584. The molecule has 11 heteroatoms. The van der Waals surface area contributed by atoms with Gasteiger partial charge in [0.25, 0.3) is 0 Å². The van der Waals surface area contributed by atoms with Gasteiger partial charge < -0.3 is 29.9 Å². The number of aromatic nitrogens is 3. The van der Waals surface area contributed by atoms with Crippen molar-refractivity contribution in [3.63, 3.8) is 0 Å². The van der Waals surface area contributed by atoms with Crippen molar-refractivity contribution in [1.29, 1.82) is 0 Å². The van der Waals surface area contributed by atoms with Crippen LogP contribution in [0.1, 0.15) is 48.7 Å². The fraction of sp³-hybridized carbons (Fsp3) is 0.355. The Bertz CT molecular complexity index is 1580. The third kappa shape index (κ3) is 6.15. The molecule has 1 fully saturated rings. The van der Waals surface area contributed by atoms with Crippen molar-refractivity contribution in [2.24, 2.45) is 10.9 Å². The molecule has 4 aromatic rings. The minimum Gasteiger partial charge on any atom is -0.494 e. The highest BCUT2D eigenvalue weighted by Crippen LogP contribution is 2.38. The largest absolute Gasteiger partial charge is 0.494 e. The first-order chi connectivity index (χ1) is 20.5. The number of pyridine rings is 1. The van der Waals surface area contributed by atoms with Crippen molar-refractivity contribution in [2.75, 3.05) is 27.4 Å². The molecule has 11 nitrogen and oxygen atoms in total. The van der Waals surface area contributed by atoms with E-state index in [0.29, 0.717) is 37.2 Å². The van der Waals surface area contributed by atoms with Gasteiger partial charge in [-0.3, -0.25) is 9.48 Å². The molecule has 2 aromatic heterocycles. The number of para-hydroxylation sites is 1. The second-order valence-corrected chi connectivity index (χ2v) is 10.1. The Kier molecular flexibility index (Phi) is 9.18. The van der Waals surface area contributed by atoms with E-state index in [-0.39, 0.29) is 30.5 Å². The van der Waals surface area contributed by atoms with Crippen molar-refractivity contribution in [3.8, 4) is 22.6 Å². The first-order valence-electron chi connectivity index (χ1n) is 13.9. The minimum absolute atomic E-state index is 0.111. The molecule has 2 heterocycles. The molecular weight excluding hydrogens is 538 g/mol. The molecule has 0 aliphatic heterocycles. The number of hydrogen-bond acceptors (Lipinski definition) is 9. The lowest BCUT2D eigenvalue weighted by atomic mass is 9.93. The van der Waals surface area contributed by atoms with E-state index in [4.69, 9.17) is 29.8 Å². The van der Waals surface area contributed by atoms with Crippen LogP contribution in [0.4, 0.5) is 0 Å². The van der Waals surface area contributed by atoms with E-state index in [1.807, 2.05) is 48.5 Å². The third-order valence-electron chi connectivity index (χ3n) is 7.42. The number of methoxy groups -OCH3 is 2. The number of carbonyl (C=O) groups is 1. The Hall–Kier alpha value is -4.64. The fourth-order valence-corrected chi connectivity index (χ4v) is 5.04. The van der Waals surface area contributed by atoms with E-state index in [2.05, 4.69) is 14.8 Å². The molecule has 0 unspecified atom stereocenters. The number of benzene rings is 2. The summed E-state index contributed by atoms with van der Waals surface area (Å²) in [6, 6.07) is 15.6. The maximum atomic E-state index is 12.5. The zero-order valence-electron chi connectivity index (χ0n) is 23.8. The number of nitrogens with zero attached hydrogens (tertiary/aromatic N) is 4. The van der Waals surface area contributed by atoms with Crippen LogP contribution in [0.3, 0.4) is 0 Å². The molecule has 2 aromatic carbocycles. The SMILES string of the molecule is COCCCOC(=O)Cc1ccccc1OCc1c2cc(-c3ccnc(C(N)=NO)c3OC)ccc2nn1C1CCC1. The Morgan fingerprint density at radius 3 is 2.71 bits per heavy atom. The molecule has 3 N–H and O–H groups in total. The molecule has 42 heavy (non-hydrogen) atoms. The first-order valence-corrected chi connectivity index (χ1v) is 13.9. The molecule has 0 radical (unpaired) electrons. The van der Waals surface area contributed by atoms with E-state index < -0.39 is 0 Å². The van der Waals surface area contributed by atoms with Crippen molar-refractivity contribution in [1.82, 2.24) is 14.8 Å². The van der Waals surface area contributed by atoms with Gasteiger partial charge >= 0.3 is 5.97 Å². The molecule has 0 spiro atoms. The van der Waals surface area contributed by atoms with Gasteiger partial charge in [-0.05, 0) is 49.1 Å². The highest BCUT2D eigenvalue weighted by atomic mass is 16.5. The van der Waals surface area contributed by atoms with E-state index in [9.17, 15) is 10.0 Å². The van der Waals surface area contributed by atoms with Gasteiger partial charge in [0.15, 0.2) is 17.3 Å². The van der Waals surface area contributed by atoms with Gasteiger partial charge in [0.2, 0.25) is 0 Å². The number of esters is 1. The summed E-state index contributed by atoms with van der Waals surface area (Å²) in [7, 11) is 3.14. The summed E-state index contributed by atoms with van der Waals surface area (Å²) in [6.07, 6.45) is 5.63. The minimum atomic E-state index is -0.311. The summed E-state index contributed by atoms with van der Waals surface area (Å²) in [5.41, 5.74) is 10.3. The number of oxime groups is 1. The molecule has 0 amide bonds. The molecular formula is C31H35N5O6. The number of nitrogens with two attached hydrogens (primary N) is 1. The van der Waals surface area contributed by atoms with Crippen LogP contribution in [0.5, 0.6) is 11.5 Å². The van der Waals surface area contributed by atoms with Crippen LogP contribution < -0.4 is 15.2 Å². The molecule has 0 atom stereocenters. The maximum absolute atomic E-state index is 12.5. The molecule has 1 aliphatic rings. The van der Waals surface area contributed by atoms with Crippen LogP contribution >= 0.6 is 0 Å². The first kappa shape index (κ1) is 28.9. The standard InChI is InChI=1S/C31H35N5O6/c1-39-15-6-16-41-28(37)18-21-7-3-4-10-27(21)42-19-26-24-17-20(11-12-25(24)34-36(26)22-8-5-9-22)23-13-14-33-29(30(23)40-2)31(32)35-38/h3-4,7,10-14,17,22,38H,5-6,8-9,15-16,18-19H2,1-2H3,(H2,32,35). The normalized spacial score (nSPS) is 13.6. The monoisotopic (exact) mass is 573 g/mol. The van der Waals surface area contributed by atoms with Crippen molar-refractivity contribution in [2.45, 2.75) is 44.8 Å². The Labute approximate surface area is 243 Å². The number of rotatable bonds is 13. The average Bonchev–Trinajstić information content (AvgIpc) is 3.33. The number of hydrogen-bond donors (Lipinski definition) is 2. The molecule has 5 rings (SSSR count). The van der Waals surface area contributed by atoms with E-state index in [1.54, 1.807) is 13.3 Å². The Morgan fingerprint density at radius 1 is 1.14 bits per heavy atom. The molecule has 220 valence electrons. The summed E-state index contributed by atoms with van der Waals surface area (Å²) >= 11 is 0. The highest BCUT2D eigenvalue weighted by molar-refractivity contribution is 6.00. The molecule has 1 aliphatic carbocycles. The fourth-order valence-electron chi connectivity index (χ4n) is 5.04. The smallest absolute Gasteiger partial charge is 0.310 e. The van der Waals surface area contributed by atoms with Gasteiger partial charge in [-0.2, -0.15) is 5.10 Å². The topological polar surface area (TPSA) is 143 Å². The van der Waals surface area contributed by atoms with Crippen molar-refractivity contribution < 1.29 is 28.9 Å². The van der Waals surface area contributed by atoms with Crippen LogP contribution in [0.15, 0.2) is 59.9 Å². The van der Waals surface area contributed by atoms with Gasteiger partial charge in [-0.1, -0.05) is 29.4 Å². The lowest BCUT2D eigenvalue weighted by Gasteiger charge is -2.27. The van der Waals surface area contributed by atoms with Gasteiger partial charge in [0.1, 0.15) is 12.4 Å². The van der Waals surface area contributed by atoms with Crippen LogP contribution in [0.25, 0.3) is 22.0 Å². The van der Waals surface area contributed by atoms with E-state index in [1.165, 1.54) is 7.11 Å². The Balaban J connectivity index is 1.45. The summed E-state index contributed by atoms with van der Waals surface area (Å²) in [4.78, 5) is 16.7. The van der Waals surface area contributed by atoms with Crippen LogP contribution in [0, 0.1) is 0 Å². The van der Waals surface area contributed by atoms with Crippen molar-refractivity contribution in [3.05, 3.63) is 71.7 Å². The van der Waals surface area contributed by atoms with Gasteiger partial charge in [-0.25, -0.2) is 4.98 Å². The van der Waals surface area contributed by atoms with Gasteiger partial charge in [0, 0.05) is 42.8 Å². The summed E-state index contributed by atoms with van der Waals surface area (Å²) < 4.78 is 24.4. The second kappa shape index (κ2) is 13.3. The summed E-state index contributed by atoms with van der Waals surface area (Å²) in [6.45, 7) is 1.12. The Morgan fingerprint density at radius 2 is 1.98 bits per heavy atom. The average molecular weight is 574 g/mol. The third-order valence-corrected chi connectivity index (χ3v) is 7.42. The predicted octanol–water partition coefficient (Wildman–Crippen LogP) is 4.63. The van der Waals surface area contributed by atoms with Gasteiger partial charge in [-0.15, -0.1) is 0 Å². The van der Waals surface area contributed by atoms with Crippen LogP contribution in [-0.2, 0) is 27.3 Å². The maximum Gasteiger partial charge on any atom is 0.310 e. The molecule has 1 saturated carbocycles. The zero-order valence-corrected chi connectivity index (χ0v) is 23.8. The van der Waals surface area contributed by atoms with Crippen LogP contribution in [0.2, 0.25) is 0 Å². The number of ether oxygens (including phenoxy) is 4. The number of carbonyl (C=O) groups excluding carboxylic acids is 1. The molecule has 0 bridgehead atoms. The zero-order chi connectivity index (χ0) is 29.5. The lowest BCUT2D eigenvalue weighted by Crippen LogP contribution is -2.21. The predicted molar refractivity (Wildman–Crippen MR) is 157 cm³/mol. The lowest BCUT2D eigenvalue weighted by molar-refractivity contribution is -0.143. The summed E-state index contributed by atoms with van der Waals surface area (Å²) in [5, 5.41) is 18.2. The van der Waals surface area contributed by atoms with Crippen LogP contribution in [-0.4, -0.2) is 59.2 Å². The number of fused-ring (bicyclic) bond motifs is 1. The van der Waals surface area contributed by atoms with E-state index in [0.717, 1.165) is 52.5 Å². The molecule has 0 saturated heterocycles.